The van der Waals surface area contributed by atoms with Crippen molar-refractivity contribution in [2.75, 3.05) is 39.3 Å². The van der Waals surface area contributed by atoms with Gasteiger partial charge in [0.05, 0.1) is 5.56 Å². The summed E-state index contributed by atoms with van der Waals surface area (Å²) in [7, 11) is 0. The maximum atomic E-state index is 11.9. The number of pyridine rings is 1. The minimum Gasteiger partial charge on any atom is -0.366 e. The van der Waals surface area contributed by atoms with Crippen molar-refractivity contribution in [1.82, 2.24) is 20.5 Å². The zero-order valence-corrected chi connectivity index (χ0v) is 13.2. The normalized spacial score (nSPS) is 14.9. The summed E-state index contributed by atoms with van der Waals surface area (Å²) >= 11 is 0. The number of primary amides is 1. The first kappa shape index (κ1) is 18.3. The highest BCUT2D eigenvalue weighted by molar-refractivity contribution is 5.95. The van der Waals surface area contributed by atoms with Gasteiger partial charge in [0.1, 0.15) is 5.69 Å². The molecule has 2 amide bonds. The minimum absolute atomic E-state index is 0. The second-order valence-corrected chi connectivity index (χ2v) is 5.00. The van der Waals surface area contributed by atoms with Gasteiger partial charge in [-0.15, -0.1) is 12.4 Å². The summed E-state index contributed by atoms with van der Waals surface area (Å²) in [6.45, 7) is 5.77. The monoisotopic (exact) mass is 327 g/mol. The number of hydrogen-bond acceptors (Lipinski definition) is 5. The molecule has 0 aliphatic carbocycles. The van der Waals surface area contributed by atoms with Crippen LogP contribution >= 0.6 is 12.4 Å². The van der Waals surface area contributed by atoms with Gasteiger partial charge in [-0.25, -0.2) is 0 Å². The summed E-state index contributed by atoms with van der Waals surface area (Å²) < 4.78 is 0. The standard InChI is InChI=1S/C14H21N5O2.ClH/c15-13(20)11-2-3-12(18-10-11)14(21)17-4-1-7-19-8-5-16-6-9-19;/h2-3,10,16H,1,4-9H2,(H2,15,20)(H,17,21);1H. The van der Waals surface area contributed by atoms with Crippen molar-refractivity contribution in [3.63, 3.8) is 0 Å². The molecule has 0 atom stereocenters. The Morgan fingerprint density at radius 3 is 2.64 bits per heavy atom. The van der Waals surface area contributed by atoms with Crippen molar-refractivity contribution in [2.45, 2.75) is 6.42 Å². The number of nitrogens with zero attached hydrogens (tertiary/aromatic N) is 2. The van der Waals surface area contributed by atoms with Crippen LogP contribution < -0.4 is 16.4 Å². The molecule has 0 unspecified atom stereocenters. The van der Waals surface area contributed by atoms with E-state index in [-0.39, 0.29) is 18.3 Å². The van der Waals surface area contributed by atoms with Gasteiger partial charge >= 0.3 is 0 Å². The first-order valence-electron chi connectivity index (χ1n) is 7.14. The second-order valence-electron chi connectivity index (χ2n) is 5.00. The van der Waals surface area contributed by atoms with Crippen LogP contribution in [0.2, 0.25) is 0 Å². The van der Waals surface area contributed by atoms with Gasteiger partial charge in [0.25, 0.3) is 5.91 Å². The summed E-state index contributed by atoms with van der Waals surface area (Å²) in [6, 6.07) is 3.01. The highest BCUT2D eigenvalue weighted by Gasteiger charge is 2.10. The Morgan fingerprint density at radius 2 is 2.05 bits per heavy atom. The van der Waals surface area contributed by atoms with Crippen LogP contribution in [0.25, 0.3) is 0 Å². The molecule has 0 spiro atoms. The van der Waals surface area contributed by atoms with Crippen LogP contribution in [0.4, 0.5) is 0 Å². The number of carbonyl (C=O) groups is 2. The summed E-state index contributed by atoms with van der Waals surface area (Å²) in [5.74, 6) is -0.781. The molecule has 0 saturated carbocycles. The third-order valence-electron chi connectivity index (χ3n) is 3.43. The third kappa shape index (κ3) is 5.59. The number of carbonyl (C=O) groups excluding carboxylic acids is 2. The third-order valence-corrected chi connectivity index (χ3v) is 3.43. The lowest BCUT2D eigenvalue weighted by Crippen LogP contribution is -2.44. The van der Waals surface area contributed by atoms with Gasteiger partial charge in [-0.2, -0.15) is 0 Å². The van der Waals surface area contributed by atoms with E-state index in [1.807, 2.05) is 0 Å². The van der Waals surface area contributed by atoms with Crippen molar-refractivity contribution < 1.29 is 9.59 Å². The van der Waals surface area contributed by atoms with Crippen LogP contribution in [0.1, 0.15) is 27.3 Å². The maximum Gasteiger partial charge on any atom is 0.269 e. The number of halogens is 1. The SMILES string of the molecule is Cl.NC(=O)c1ccc(C(=O)NCCCN2CCNCC2)nc1. The van der Waals surface area contributed by atoms with Gasteiger partial charge in [0, 0.05) is 38.9 Å². The van der Waals surface area contributed by atoms with Gasteiger partial charge in [-0.05, 0) is 25.1 Å². The second kappa shape index (κ2) is 9.34. The average Bonchev–Trinajstić information content (AvgIpc) is 2.52. The molecule has 1 aromatic heterocycles. The Kier molecular flexibility index (Phi) is 7.79. The molecule has 1 saturated heterocycles. The Hall–Kier alpha value is -1.70. The van der Waals surface area contributed by atoms with Crippen LogP contribution in [0.3, 0.4) is 0 Å². The number of nitrogens with two attached hydrogens (primary N) is 1. The Morgan fingerprint density at radius 1 is 1.32 bits per heavy atom. The Labute approximate surface area is 136 Å². The Balaban J connectivity index is 0.00000242. The number of aromatic nitrogens is 1. The predicted molar refractivity (Wildman–Crippen MR) is 86.3 cm³/mol. The van der Waals surface area contributed by atoms with Crippen molar-refractivity contribution >= 4 is 24.2 Å². The van der Waals surface area contributed by atoms with Crippen molar-refractivity contribution in [2.24, 2.45) is 5.73 Å². The van der Waals surface area contributed by atoms with E-state index in [4.69, 9.17) is 5.73 Å². The highest BCUT2D eigenvalue weighted by atomic mass is 35.5. The van der Waals surface area contributed by atoms with Gasteiger partial charge in [-0.1, -0.05) is 0 Å². The molecule has 1 fully saturated rings. The van der Waals surface area contributed by atoms with E-state index < -0.39 is 5.91 Å². The lowest BCUT2D eigenvalue weighted by Gasteiger charge is -2.27. The zero-order chi connectivity index (χ0) is 15.1. The molecule has 1 aliphatic rings. The van der Waals surface area contributed by atoms with E-state index in [9.17, 15) is 9.59 Å². The molecular formula is C14H22ClN5O2. The van der Waals surface area contributed by atoms with Crippen LogP contribution in [-0.2, 0) is 0 Å². The molecule has 122 valence electrons. The highest BCUT2D eigenvalue weighted by Crippen LogP contribution is 2.00. The van der Waals surface area contributed by atoms with E-state index >= 15 is 0 Å². The van der Waals surface area contributed by atoms with Crippen LogP contribution in [0.15, 0.2) is 18.3 Å². The van der Waals surface area contributed by atoms with Gasteiger partial charge in [0.2, 0.25) is 5.91 Å². The molecule has 22 heavy (non-hydrogen) atoms. The summed E-state index contributed by atoms with van der Waals surface area (Å²) in [4.78, 5) is 29.1. The number of hydrogen-bond donors (Lipinski definition) is 3. The molecule has 0 radical (unpaired) electrons. The fourth-order valence-electron chi connectivity index (χ4n) is 2.20. The van der Waals surface area contributed by atoms with Gasteiger partial charge < -0.3 is 21.3 Å². The molecule has 1 aliphatic heterocycles. The molecule has 4 N–H and O–H groups in total. The van der Waals surface area contributed by atoms with E-state index in [1.54, 1.807) is 0 Å². The van der Waals surface area contributed by atoms with Crippen LogP contribution in [0.5, 0.6) is 0 Å². The zero-order valence-electron chi connectivity index (χ0n) is 12.4. The first-order valence-corrected chi connectivity index (χ1v) is 7.14. The lowest BCUT2D eigenvalue weighted by molar-refractivity contribution is 0.0943. The van der Waals surface area contributed by atoms with E-state index in [1.165, 1.54) is 18.3 Å². The van der Waals surface area contributed by atoms with Gasteiger partial charge in [0.15, 0.2) is 0 Å². The van der Waals surface area contributed by atoms with Crippen LogP contribution in [-0.4, -0.2) is 61.0 Å². The van der Waals surface area contributed by atoms with Crippen molar-refractivity contribution in [3.8, 4) is 0 Å². The number of piperazine rings is 1. The average molecular weight is 328 g/mol. The fourth-order valence-corrected chi connectivity index (χ4v) is 2.20. The topological polar surface area (TPSA) is 100 Å². The summed E-state index contributed by atoms with van der Waals surface area (Å²) in [6.07, 6.45) is 2.23. The lowest BCUT2D eigenvalue weighted by atomic mass is 10.2. The number of rotatable bonds is 6. The number of amides is 2. The van der Waals surface area contributed by atoms with Crippen molar-refractivity contribution in [3.05, 3.63) is 29.6 Å². The minimum atomic E-state index is -0.550. The molecule has 7 nitrogen and oxygen atoms in total. The Bertz CT molecular complexity index is 489. The molecule has 2 heterocycles. The summed E-state index contributed by atoms with van der Waals surface area (Å²) in [5.41, 5.74) is 5.71. The van der Waals surface area contributed by atoms with E-state index in [0.717, 1.165) is 39.1 Å². The molecule has 1 aromatic rings. The van der Waals surface area contributed by atoms with Crippen LogP contribution in [0, 0.1) is 0 Å². The smallest absolute Gasteiger partial charge is 0.269 e. The number of nitrogens with one attached hydrogen (secondary N) is 2. The molecular weight excluding hydrogens is 306 g/mol. The molecule has 2 rings (SSSR count). The fraction of sp³-hybridized carbons (Fsp3) is 0.500. The summed E-state index contributed by atoms with van der Waals surface area (Å²) in [5, 5.41) is 6.13. The first-order chi connectivity index (χ1) is 10.2. The molecule has 0 bridgehead atoms. The predicted octanol–water partition coefficient (Wildman–Crippen LogP) is -0.373. The van der Waals surface area contributed by atoms with E-state index in [2.05, 4.69) is 20.5 Å². The molecule has 0 aromatic carbocycles. The van der Waals surface area contributed by atoms with E-state index in [0.29, 0.717) is 17.8 Å². The quantitative estimate of drug-likeness (QED) is 0.619. The largest absolute Gasteiger partial charge is 0.366 e. The van der Waals surface area contributed by atoms with Gasteiger partial charge in [-0.3, -0.25) is 14.6 Å². The van der Waals surface area contributed by atoms with Crippen molar-refractivity contribution in [1.29, 1.82) is 0 Å². The molecule has 8 heteroatoms. The maximum absolute atomic E-state index is 11.9.